The number of amides is 2. The summed E-state index contributed by atoms with van der Waals surface area (Å²) < 4.78 is 0. The number of primary amides is 1. The largest absolute Gasteiger partial charge is 0.369 e. The van der Waals surface area contributed by atoms with Crippen LogP contribution < -0.4 is 5.73 Å². The fraction of sp³-hybridized carbons (Fsp3) is 0.700. The van der Waals surface area contributed by atoms with Crippen LogP contribution in [0, 0.1) is 5.41 Å². The van der Waals surface area contributed by atoms with Gasteiger partial charge in [0.15, 0.2) is 0 Å². The molecule has 1 saturated heterocycles. The minimum Gasteiger partial charge on any atom is -0.369 e. The van der Waals surface area contributed by atoms with Crippen LogP contribution in [0.15, 0.2) is 0 Å². The maximum Gasteiger partial charge on any atom is 0.291 e. The zero-order chi connectivity index (χ0) is 11.6. The Labute approximate surface area is 88.6 Å². The molecule has 1 fully saturated rings. The molecule has 0 atom stereocenters. The molecular weight excluding hydrogens is 196 g/mol. The van der Waals surface area contributed by atoms with Gasteiger partial charge >= 0.3 is 0 Å². The van der Waals surface area contributed by atoms with Gasteiger partial charge in [0, 0.05) is 13.1 Å². The second-order valence-electron chi connectivity index (χ2n) is 4.32. The predicted molar refractivity (Wildman–Crippen MR) is 53.8 cm³/mol. The molecule has 5 nitrogen and oxygen atoms in total. The monoisotopic (exact) mass is 212 g/mol. The quantitative estimate of drug-likeness (QED) is 0.514. The number of carbonyl (C=O) groups excluding carboxylic acids is 3. The number of hydrogen-bond donors (Lipinski definition) is 1. The summed E-state index contributed by atoms with van der Waals surface area (Å²) >= 11 is 0. The molecule has 0 saturated carbocycles. The van der Waals surface area contributed by atoms with Gasteiger partial charge in [-0.25, -0.2) is 0 Å². The average Bonchev–Trinajstić information content (AvgIpc) is 2.67. The summed E-state index contributed by atoms with van der Waals surface area (Å²) in [7, 11) is 0. The molecule has 1 heterocycles. The third-order valence-corrected chi connectivity index (χ3v) is 2.77. The van der Waals surface area contributed by atoms with Gasteiger partial charge in [-0.15, -0.1) is 0 Å². The Morgan fingerprint density at radius 2 is 1.60 bits per heavy atom. The zero-order valence-corrected chi connectivity index (χ0v) is 9.08. The van der Waals surface area contributed by atoms with Crippen LogP contribution in [-0.2, 0) is 14.4 Å². The van der Waals surface area contributed by atoms with Crippen LogP contribution in [0.3, 0.4) is 0 Å². The average molecular weight is 212 g/mol. The molecule has 0 aliphatic carbocycles. The second-order valence-corrected chi connectivity index (χ2v) is 4.32. The molecule has 84 valence electrons. The van der Waals surface area contributed by atoms with Crippen molar-refractivity contribution < 1.29 is 14.4 Å². The van der Waals surface area contributed by atoms with Gasteiger partial charge in [0.1, 0.15) is 5.41 Å². The lowest BCUT2D eigenvalue weighted by Gasteiger charge is -2.22. The van der Waals surface area contributed by atoms with Gasteiger partial charge in [0.25, 0.3) is 5.91 Å². The van der Waals surface area contributed by atoms with E-state index in [0.717, 1.165) is 12.8 Å². The van der Waals surface area contributed by atoms with Gasteiger partial charge in [0.2, 0.25) is 11.7 Å². The van der Waals surface area contributed by atoms with Crippen LogP contribution in [0.4, 0.5) is 0 Å². The third kappa shape index (κ3) is 2.16. The lowest BCUT2D eigenvalue weighted by molar-refractivity contribution is -0.151. The van der Waals surface area contributed by atoms with Gasteiger partial charge in [-0.05, 0) is 26.7 Å². The number of likely N-dealkylation sites (tertiary alicyclic amines) is 1. The summed E-state index contributed by atoms with van der Waals surface area (Å²) in [4.78, 5) is 35.9. The minimum atomic E-state index is -1.40. The lowest BCUT2D eigenvalue weighted by Crippen LogP contribution is -2.47. The van der Waals surface area contributed by atoms with Crippen LogP contribution in [-0.4, -0.2) is 35.6 Å². The lowest BCUT2D eigenvalue weighted by atomic mass is 9.86. The first kappa shape index (κ1) is 11.7. The smallest absolute Gasteiger partial charge is 0.291 e. The van der Waals surface area contributed by atoms with E-state index >= 15 is 0 Å². The molecule has 15 heavy (non-hydrogen) atoms. The molecule has 1 aliphatic rings. The Hall–Kier alpha value is -1.39. The topological polar surface area (TPSA) is 80.5 Å². The minimum absolute atomic E-state index is 0.587. The summed E-state index contributed by atoms with van der Waals surface area (Å²) in [6, 6.07) is 0. The molecule has 0 bridgehead atoms. The Kier molecular flexibility index (Phi) is 3.12. The van der Waals surface area contributed by atoms with Crippen molar-refractivity contribution in [1.29, 1.82) is 0 Å². The first-order valence-electron chi connectivity index (χ1n) is 5.01. The van der Waals surface area contributed by atoms with Crippen molar-refractivity contribution in [3.8, 4) is 0 Å². The van der Waals surface area contributed by atoms with Crippen molar-refractivity contribution in [1.82, 2.24) is 4.90 Å². The molecule has 0 unspecified atom stereocenters. The van der Waals surface area contributed by atoms with Crippen molar-refractivity contribution in [2.75, 3.05) is 13.1 Å². The summed E-state index contributed by atoms with van der Waals surface area (Å²) in [5, 5.41) is 0. The second kappa shape index (κ2) is 4.00. The number of hydrogen-bond acceptors (Lipinski definition) is 3. The van der Waals surface area contributed by atoms with Gasteiger partial charge in [-0.2, -0.15) is 0 Å². The molecule has 1 rings (SSSR count). The van der Waals surface area contributed by atoms with Crippen LogP contribution in [0.1, 0.15) is 26.7 Å². The van der Waals surface area contributed by atoms with Crippen molar-refractivity contribution in [2.24, 2.45) is 11.1 Å². The fourth-order valence-corrected chi connectivity index (χ4v) is 1.44. The number of nitrogens with zero attached hydrogens (tertiary/aromatic N) is 1. The summed E-state index contributed by atoms with van der Waals surface area (Å²) in [6.45, 7) is 3.95. The molecule has 0 aromatic rings. The molecule has 0 aromatic carbocycles. The molecule has 2 N–H and O–H groups in total. The van der Waals surface area contributed by atoms with Crippen molar-refractivity contribution >= 4 is 17.6 Å². The van der Waals surface area contributed by atoms with Crippen LogP contribution in [0.2, 0.25) is 0 Å². The SMILES string of the molecule is CC(C)(C(N)=O)C(=O)C(=O)N1CCCC1. The van der Waals surface area contributed by atoms with E-state index in [0.29, 0.717) is 13.1 Å². The molecule has 1 aliphatic heterocycles. The van der Waals surface area contributed by atoms with Gasteiger partial charge < -0.3 is 10.6 Å². The molecule has 0 radical (unpaired) electrons. The highest BCUT2D eigenvalue weighted by molar-refractivity contribution is 6.41. The summed E-state index contributed by atoms with van der Waals surface area (Å²) in [5.41, 5.74) is 3.67. The van der Waals surface area contributed by atoms with Crippen molar-refractivity contribution in [3.05, 3.63) is 0 Å². The normalized spacial score (nSPS) is 16.5. The first-order valence-corrected chi connectivity index (χ1v) is 5.01. The maximum absolute atomic E-state index is 11.7. The van der Waals surface area contributed by atoms with E-state index in [-0.39, 0.29) is 0 Å². The first-order chi connectivity index (χ1) is 6.87. The van der Waals surface area contributed by atoms with Gasteiger partial charge in [-0.1, -0.05) is 0 Å². The Bertz CT molecular complexity index is 304. The number of nitrogens with two attached hydrogens (primary N) is 1. The highest BCUT2D eigenvalue weighted by Gasteiger charge is 2.40. The Balaban J connectivity index is 2.75. The number of Topliss-reactive ketones (excluding diaryl/α,β-unsaturated/α-hetero) is 1. The zero-order valence-electron chi connectivity index (χ0n) is 9.08. The summed E-state index contributed by atoms with van der Waals surface area (Å²) in [6.07, 6.45) is 1.83. The highest BCUT2D eigenvalue weighted by Crippen LogP contribution is 2.19. The molecule has 5 heteroatoms. The van der Waals surface area contributed by atoms with Crippen LogP contribution >= 0.6 is 0 Å². The van der Waals surface area contributed by atoms with Gasteiger partial charge in [0.05, 0.1) is 0 Å². The van der Waals surface area contributed by atoms with Crippen molar-refractivity contribution in [2.45, 2.75) is 26.7 Å². The van der Waals surface area contributed by atoms with Crippen LogP contribution in [0.5, 0.6) is 0 Å². The number of ketones is 1. The molecule has 0 aromatic heterocycles. The van der Waals surface area contributed by atoms with Crippen molar-refractivity contribution in [3.63, 3.8) is 0 Å². The third-order valence-electron chi connectivity index (χ3n) is 2.77. The number of carbonyl (C=O) groups is 3. The van der Waals surface area contributed by atoms with E-state index in [2.05, 4.69) is 0 Å². The van der Waals surface area contributed by atoms with E-state index < -0.39 is 23.0 Å². The number of rotatable bonds is 3. The Morgan fingerprint density at radius 1 is 1.13 bits per heavy atom. The van der Waals surface area contributed by atoms with E-state index in [4.69, 9.17) is 5.73 Å². The maximum atomic E-state index is 11.7. The standard InChI is InChI=1S/C10H16N2O3/c1-10(2,9(11)15)7(13)8(14)12-5-3-4-6-12/h3-6H2,1-2H3,(H2,11,15). The Morgan fingerprint density at radius 3 is 2.00 bits per heavy atom. The predicted octanol–water partition coefficient (Wildman–Crippen LogP) is -0.311. The van der Waals surface area contributed by atoms with E-state index in [1.807, 2.05) is 0 Å². The molecule has 2 amide bonds. The van der Waals surface area contributed by atoms with E-state index in [1.54, 1.807) is 0 Å². The van der Waals surface area contributed by atoms with Gasteiger partial charge in [-0.3, -0.25) is 14.4 Å². The molecular formula is C10H16N2O3. The van der Waals surface area contributed by atoms with Crippen LogP contribution in [0.25, 0.3) is 0 Å². The van der Waals surface area contributed by atoms with E-state index in [9.17, 15) is 14.4 Å². The fourth-order valence-electron chi connectivity index (χ4n) is 1.44. The summed E-state index contributed by atoms with van der Waals surface area (Å²) in [5.74, 6) is -2.06. The molecule has 0 spiro atoms. The van der Waals surface area contributed by atoms with E-state index in [1.165, 1.54) is 18.7 Å². The highest BCUT2D eigenvalue weighted by atomic mass is 16.2.